The van der Waals surface area contributed by atoms with E-state index in [0.29, 0.717) is 6.42 Å². The van der Waals surface area contributed by atoms with Crippen molar-refractivity contribution >= 4 is 21.2 Å². The van der Waals surface area contributed by atoms with E-state index in [0.717, 1.165) is 0 Å². The van der Waals surface area contributed by atoms with Crippen molar-refractivity contribution in [2.75, 3.05) is 13.2 Å². The molecule has 0 heterocycles. The summed E-state index contributed by atoms with van der Waals surface area (Å²) in [5.41, 5.74) is 0.189. The summed E-state index contributed by atoms with van der Waals surface area (Å²) in [6.07, 6.45) is -0.0637. The van der Waals surface area contributed by atoms with Gasteiger partial charge in [-0.3, -0.25) is 9.13 Å². The monoisotopic (exact) mass is 486 g/mol. The van der Waals surface area contributed by atoms with E-state index in [4.69, 9.17) is 27.9 Å². The van der Waals surface area contributed by atoms with E-state index in [1.54, 1.807) is 55.4 Å². The van der Waals surface area contributed by atoms with Gasteiger partial charge in [-0.1, -0.05) is 6.08 Å². The zero-order valence-corrected chi connectivity index (χ0v) is 22.0. The van der Waals surface area contributed by atoms with Crippen LogP contribution in [0.2, 0.25) is 0 Å². The highest BCUT2D eigenvalue weighted by Gasteiger charge is 2.53. The minimum atomic E-state index is -4.01. The normalized spacial score (nSPS) is 13.9. The second kappa shape index (κ2) is 13.9. The fraction of sp³-hybridized carbons (Fsp3) is 0.850. The molecule has 0 fully saturated rings. The molecular formula is C20H40O9P2. The Morgan fingerprint density at radius 2 is 1.16 bits per heavy atom. The lowest BCUT2D eigenvalue weighted by Crippen LogP contribution is -2.27. The van der Waals surface area contributed by atoms with Gasteiger partial charge >= 0.3 is 21.2 Å². The minimum absolute atomic E-state index is 0.119. The molecule has 0 saturated carbocycles. The molecule has 0 aliphatic heterocycles. The fourth-order valence-corrected chi connectivity index (χ4v) is 8.12. The number of carbonyl (C=O) groups is 1. The van der Waals surface area contributed by atoms with E-state index in [9.17, 15) is 13.9 Å². The summed E-state index contributed by atoms with van der Waals surface area (Å²) in [7, 11) is -8.01. The van der Waals surface area contributed by atoms with E-state index >= 15 is 0 Å². The lowest BCUT2D eigenvalue weighted by atomic mass is 10.2. The number of carboxylic acid groups (broad SMARTS) is 1. The number of ether oxygens (including phenoxy) is 1. The van der Waals surface area contributed by atoms with Crippen molar-refractivity contribution < 1.29 is 41.9 Å². The van der Waals surface area contributed by atoms with E-state index in [-0.39, 0.29) is 18.8 Å². The molecule has 0 spiro atoms. The summed E-state index contributed by atoms with van der Waals surface area (Å²) >= 11 is 0. The molecular weight excluding hydrogens is 446 g/mol. The van der Waals surface area contributed by atoms with Crippen molar-refractivity contribution in [3.8, 4) is 0 Å². The van der Waals surface area contributed by atoms with Crippen LogP contribution in [0.1, 0.15) is 68.7 Å². The van der Waals surface area contributed by atoms with E-state index in [1.807, 2.05) is 0 Å². The molecule has 0 aromatic carbocycles. The van der Waals surface area contributed by atoms with Crippen LogP contribution in [0.5, 0.6) is 0 Å². The standard InChI is InChI=1S/C20H40O9P2/c1-14(2)26-30(23,27-15(3)4)19(13-25-12-10-11-18(9)20(21)22)31(24,28-16(5)6)29-17(7)8/h11,14-17,19H,10,12-13H2,1-9H3,(H,21,22). The van der Waals surface area contributed by atoms with Gasteiger partial charge in [0.25, 0.3) is 0 Å². The molecule has 0 bridgehead atoms. The third kappa shape index (κ3) is 11.8. The Labute approximate surface area is 186 Å². The number of carboxylic acids is 1. The maximum Gasteiger partial charge on any atom is 0.348 e. The molecule has 0 saturated heterocycles. The molecule has 0 radical (unpaired) electrons. The van der Waals surface area contributed by atoms with E-state index in [2.05, 4.69) is 0 Å². The molecule has 0 amide bonds. The molecule has 0 atom stereocenters. The third-order valence-electron chi connectivity index (χ3n) is 3.48. The third-order valence-corrected chi connectivity index (χ3v) is 9.80. The molecule has 0 rings (SSSR count). The van der Waals surface area contributed by atoms with Crippen LogP contribution in [0.15, 0.2) is 11.6 Å². The van der Waals surface area contributed by atoms with Crippen molar-refractivity contribution in [2.24, 2.45) is 0 Å². The topological polar surface area (TPSA) is 118 Å². The Kier molecular flexibility index (Phi) is 13.7. The quantitative estimate of drug-likeness (QED) is 0.163. The Bertz CT molecular complexity index is 606. The molecule has 31 heavy (non-hydrogen) atoms. The Morgan fingerprint density at radius 1 is 0.806 bits per heavy atom. The lowest BCUT2D eigenvalue weighted by Gasteiger charge is -2.35. The van der Waals surface area contributed by atoms with Gasteiger partial charge in [-0.25, -0.2) is 4.79 Å². The molecule has 0 unspecified atom stereocenters. The summed E-state index contributed by atoms with van der Waals surface area (Å²) < 4.78 is 56.1. The van der Waals surface area contributed by atoms with Crippen LogP contribution in [0, 0.1) is 0 Å². The highest BCUT2D eigenvalue weighted by atomic mass is 31.2. The van der Waals surface area contributed by atoms with Gasteiger partial charge in [-0.2, -0.15) is 0 Å². The maximum absolute atomic E-state index is 13.9. The average molecular weight is 486 g/mol. The van der Waals surface area contributed by atoms with Gasteiger partial charge in [-0.05, 0) is 68.7 Å². The Morgan fingerprint density at radius 3 is 1.45 bits per heavy atom. The minimum Gasteiger partial charge on any atom is -0.478 e. The fourth-order valence-electron chi connectivity index (χ4n) is 2.50. The summed E-state index contributed by atoms with van der Waals surface area (Å²) in [5.74, 6) is -1.02. The van der Waals surface area contributed by atoms with E-state index < -0.39 is 51.0 Å². The number of aliphatic carboxylic acids is 1. The van der Waals surface area contributed by atoms with Gasteiger partial charge in [-0.15, -0.1) is 0 Å². The van der Waals surface area contributed by atoms with Crippen LogP contribution >= 0.6 is 15.2 Å². The van der Waals surface area contributed by atoms with Gasteiger partial charge < -0.3 is 27.9 Å². The van der Waals surface area contributed by atoms with Crippen molar-refractivity contribution in [1.29, 1.82) is 0 Å². The van der Waals surface area contributed by atoms with Crippen molar-refractivity contribution in [1.82, 2.24) is 0 Å². The maximum atomic E-state index is 13.9. The first-order chi connectivity index (χ1) is 14.1. The van der Waals surface area contributed by atoms with Crippen molar-refractivity contribution in [3.63, 3.8) is 0 Å². The van der Waals surface area contributed by atoms with E-state index in [1.165, 1.54) is 13.0 Å². The van der Waals surface area contributed by atoms with Crippen molar-refractivity contribution in [2.45, 2.75) is 98.6 Å². The second-order valence-corrected chi connectivity index (χ2v) is 12.9. The molecule has 0 aliphatic rings. The van der Waals surface area contributed by atoms with Crippen LogP contribution in [0.25, 0.3) is 0 Å². The van der Waals surface area contributed by atoms with Crippen LogP contribution < -0.4 is 0 Å². The predicted molar refractivity (Wildman–Crippen MR) is 121 cm³/mol. The van der Waals surface area contributed by atoms with Gasteiger partial charge in [0, 0.05) is 5.57 Å². The number of hydrogen-bond donors (Lipinski definition) is 1. The first kappa shape index (κ1) is 30.5. The first-order valence-corrected chi connectivity index (χ1v) is 13.8. The zero-order valence-electron chi connectivity index (χ0n) is 20.2. The van der Waals surface area contributed by atoms with Crippen LogP contribution in [0.4, 0.5) is 0 Å². The second-order valence-electron chi connectivity index (χ2n) is 8.23. The van der Waals surface area contributed by atoms with Gasteiger partial charge in [0.2, 0.25) is 0 Å². The largest absolute Gasteiger partial charge is 0.478 e. The lowest BCUT2D eigenvalue weighted by molar-refractivity contribution is -0.132. The highest BCUT2D eigenvalue weighted by molar-refractivity contribution is 7.72. The summed E-state index contributed by atoms with van der Waals surface area (Å²) in [5, 5.41) is 7.62. The Hall–Kier alpha value is -0.530. The molecule has 1 N–H and O–H groups in total. The predicted octanol–water partition coefficient (Wildman–Crippen LogP) is 5.84. The van der Waals surface area contributed by atoms with Gasteiger partial charge in [0.1, 0.15) is 0 Å². The van der Waals surface area contributed by atoms with Crippen molar-refractivity contribution in [3.05, 3.63) is 11.6 Å². The molecule has 11 heteroatoms. The highest BCUT2D eigenvalue weighted by Crippen LogP contribution is 2.71. The number of rotatable bonds is 16. The van der Waals surface area contributed by atoms with Gasteiger partial charge in [0.05, 0.1) is 37.6 Å². The molecule has 0 aromatic rings. The molecule has 184 valence electrons. The summed E-state index contributed by atoms with van der Waals surface area (Å²) in [6, 6.07) is 0. The zero-order chi connectivity index (χ0) is 24.4. The smallest absolute Gasteiger partial charge is 0.348 e. The molecule has 0 aromatic heterocycles. The summed E-state index contributed by atoms with van der Waals surface area (Å²) in [6.45, 7) is 14.9. The van der Waals surface area contributed by atoms with Crippen LogP contribution in [0.3, 0.4) is 0 Å². The summed E-state index contributed by atoms with van der Waals surface area (Å²) in [4.78, 5) is 10.9. The molecule has 9 nitrogen and oxygen atoms in total. The number of hydrogen-bond acceptors (Lipinski definition) is 8. The SMILES string of the molecule is CC(=CCCOCC(P(=O)(OC(C)C)OC(C)C)P(=O)(OC(C)C)OC(C)C)C(=O)O. The average Bonchev–Trinajstić information content (AvgIpc) is 2.53. The first-order valence-electron chi connectivity index (χ1n) is 10.5. The van der Waals surface area contributed by atoms with Gasteiger partial charge in [0.15, 0.2) is 5.40 Å². The Balaban J connectivity index is 5.95. The van der Waals surface area contributed by atoms with Crippen LogP contribution in [-0.2, 0) is 36.8 Å². The van der Waals surface area contributed by atoms with Crippen LogP contribution in [-0.4, -0.2) is 54.1 Å². The molecule has 0 aliphatic carbocycles.